The number of aromatic nitrogens is 2. The molecule has 0 aliphatic heterocycles. The fraction of sp³-hybridized carbons (Fsp3) is 0.143. The van der Waals surface area contributed by atoms with Crippen LogP contribution < -0.4 is 5.32 Å². The number of benzene rings is 1. The van der Waals surface area contributed by atoms with Crippen molar-refractivity contribution >= 4 is 5.69 Å². The minimum absolute atomic E-state index is 0.461. The van der Waals surface area contributed by atoms with E-state index in [-0.39, 0.29) is 0 Å². The van der Waals surface area contributed by atoms with Crippen molar-refractivity contribution in [2.45, 2.75) is 6.92 Å². The highest BCUT2D eigenvalue weighted by Gasteiger charge is 2.16. The maximum absolute atomic E-state index is 5.36. The van der Waals surface area contributed by atoms with Gasteiger partial charge in [-0.25, -0.2) is 0 Å². The lowest BCUT2D eigenvalue weighted by molar-refractivity contribution is 0.429. The van der Waals surface area contributed by atoms with Gasteiger partial charge in [-0.2, -0.15) is 4.98 Å². The summed E-state index contributed by atoms with van der Waals surface area (Å²) in [6.07, 6.45) is 1.61. The minimum Gasteiger partial charge on any atom is -0.461 e. The zero-order valence-corrected chi connectivity index (χ0v) is 10.7. The summed E-state index contributed by atoms with van der Waals surface area (Å²) in [5.41, 5.74) is 2.79. The quantitative estimate of drug-likeness (QED) is 0.777. The molecule has 0 radical (unpaired) electrons. The lowest BCUT2D eigenvalue weighted by Crippen LogP contribution is -1.91. The van der Waals surface area contributed by atoms with Gasteiger partial charge in [-0.3, -0.25) is 0 Å². The third-order valence-corrected chi connectivity index (χ3v) is 2.92. The predicted octanol–water partition coefficient (Wildman–Crippen LogP) is 3.35. The molecule has 2 heterocycles. The molecule has 3 aromatic rings. The monoisotopic (exact) mass is 255 g/mol. The van der Waals surface area contributed by atoms with E-state index in [4.69, 9.17) is 8.94 Å². The lowest BCUT2D eigenvalue weighted by atomic mass is 10.2. The van der Waals surface area contributed by atoms with Crippen LogP contribution in [0.1, 0.15) is 5.56 Å². The molecule has 0 aliphatic carbocycles. The molecule has 2 aromatic heterocycles. The third kappa shape index (κ3) is 1.99. The van der Waals surface area contributed by atoms with Crippen molar-refractivity contribution in [3.63, 3.8) is 0 Å². The van der Waals surface area contributed by atoms with Gasteiger partial charge in [0, 0.05) is 12.7 Å². The Morgan fingerprint density at radius 2 is 2.00 bits per heavy atom. The van der Waals surface area contributed by atoms with Gasteiger partial charge in [0.2, 0.25) is 5.82 Å². The molecule has 0 atom stereocenters. The van der Waals surface area contributed by atoms with Gasteiger partial charge in [-0.05, 0) is 30.7 Å². The first-order valence-corrected chi connectivity index (χ1v) is 5.95. The highest BCUT2D eigenvalue weighted by molar-refractivity contribution is 5.73. The van der Waals surface area contributed by atoms with E-state index < -0.39 is 0 Å². The second kappa shape index (κ2) is 4.61. The fourth-order valence-electron chi connectivity index (χ4n) is 1.91. The van der Waals surface area contributed by atoms with Crippen molar-refractivity contribution in [2.24, 2.45) is 0 Å². The van der Waals surface area contributed by atoms with Crippen LogP contribution in [0.15, 0.2) is 45.5 Å². The third-order valence-electron chi connectivity index (χ3n) is 2.92. The van der Waals surface area contributed by atoms with Crippen LogP contribution in [0.5, 0.6) is 0 Å². The molecule has 0 amide bonds. The largest absolute Gasteiger partial charge is 0.461 e. The molecule has 0 unspecified atom stereocenters. The summed E-state index contributed by atoms with van der Waals surface area (Å²) in [7, 11) is 1.85. The topological polar surface area (TPSA) is 64.1 Å². The Labute approximate surface area is 110 Å². The minimum atomic E-state index is 0.461. The van der Waals surface area contributed by atoms with Crippen LogP contribution in [0.2, 0.25) is 0 Å². The van der Waals surface area contributed by atoms with E-state index in [1.54, 1.807) is 6.26 Å². The molecule has 0 bridgehead atoms. The van der Waals surface area contributed by atoms with Crippen LogP contribution in [0.3, 0.4) is 0 Å². The van der Waals surface area contributed by atoms with Crippen LogP contribution >= 0.6 is 0 Å². The SMILES string of the molecule is CNc1ccccc1-c1nc(-c2occc2C)no1. The Balaban J connectivity index is 2.04. The van der Waals surface area contributed by atoms with Crippen molar-refractivity contribution in [2.75, 3.05) is 12.4 Å². The molecule has 0 aliphatic rings. The Morgan fingerprint density at radius 1 is 1.16 bits per heavy atom. The van der Waals surface area contributed by atoms with Crippen molar-refractivity contribution in [3.05, 3.63) is 42.2 Å². The summed E-state index contributed by atoms with van der Waals surface area (Å²) in [4.78, 5) is 4.38. The van der Waals surface area contributed by atoms with E-state index in [0.29, 0.717) is 17.5 Å². The average Bonchev–Trinajstić information content (AvgIpc) is 3.07. The van der Waals surface area contributed by atoms with Gasteiger partial charge in [0.25, 0.3) is 5.89 Å². The lowest BCUT2D eigenvalue weighted by Gasteiger charge is -2.03. The molecule has 1 N–H and O–H groups in total. The standard InChI is InChI=1S/C14H13N3O2/c1-9-7-8-18-12(9)13-16-14(19-17-13)10-5-3-4-6-11(10)15-2/h3-8,15H,1-2H3. The van der Waals surface area contributed by atoms with Gasteiger partial charge in [0.05, 0.1) is 11.8 Å². The summed E-state index contributed by atoms with van der Waals surface area (Å²) in [5.74, 6) is 1.57. The van der Waals surface area contributed by atoms with Crippen molar-refractivity contribution in [1.82, 2.24) is 10.1 Å². The number of nitrogens with one attached hydrogen (secondary N) is 1. The van der Waals surface area contributed by atoms with Gasteiger partial charge in [0.15, 0.2) is 5.76 Å². The second-order valence-corrected chi connectivity index (χ2v) is 4.15. The highest BCUT2D eigenvalue weighted by atomic mass is 16.5. The number of hydrogen-bond acceptors (Lipinski definition) is 5. The van der Waals surface area contributed by atoms with Gasteiger partial charge < -0.3 is 14.3 Å². The normalized spacial score (nSPS) is 10.6. The maximum atomic E-state index is 5.36. The molecule has 19 heavy (non-hydrogen) atoms. The van der Waals surface area contributed by atoms with Crippen LogP contribution in [0.25, 0.3) is 23.0 Å². The smallest absolute Gasteiger partial charge is 0.260 e. The van der Waals surface area contributed by atoms with E-state index in [2.05, 4.69) is 15.5 Å². The summed E-state index contributed by atoms with van der Waals surface area (Å²) in [6, 6.07) is 9.63. The van der Waals surface area contributed by atoms with Crippen molar-refractivity contribution in [3.8, 4) is 23.0 Å². The molecule has 1 aromatic carbocycles. The number of anilines is 1. The Bertz CT molecular complexity index is 700. The summed E-state index contributed by atoms with van der Waals surface area (Å²) < 4.78 is 10.7. The van der Waals surface area contributed by atoms with Gasteiger partial charge >= 0.3 is 0 Å². The first-order valence-electron chi connectivity index (χ1n) is 5.95. The van der Waals surface area contributed by atoms with Crippen LogP contribution in [-0.4, -0.2) is 17.2 Å². The molecular weight excluding hydrogens is 242 g/mol. The maximum Gasteiger partial charge on any atom is 0.260 e. The van der Waals surface area contributed by atoms with Gasteiger partial charge in [-0.15, -0.1) is 0 Å². The molecular formula is C14H13N3O2. The number of para-hydroxylation sites is 1. The summed E-state index contributed by atoms with van der Waals surface area (Å²) >= 11 is 0. The van der Waals surface area contributed by atoms with E-state index in [1.807, 2.05) is 44.3 Å². The summed E-state index contributed by atoms with van der Waals surface area (Å²) in [5, 5.41) is 7.06. The Kier molecular flexibility index (Phi) is 2.79. The molecule has 5 heteroatoms. The number of aryl methyl sites for hydroxylation is 1. The predicted molar refractivity (Wildman–Crippen MR) is 71.7 cm³/mol. The number of hydrogen-bond donors (Lipinski definition) is 1. The highest BCUT2D eigenvalue weighted by Crippen LogP contribution is 2.29. The number of furan rings is 1. The second-order valence-electron chi connectivity index (χ2n) is 4.15. The van der Waals surface area contributed by atoms with Gasteiger partial charge in [-0.1, -0.05) is 17.3 Å². The van der Waals surface area contributed by atoms with Gasteiger partial charge in [0.1, 0.15) is 0 Å². The van der Waals surface area contributed by atoms with Crippen LogP contribution in [0, 0.1) is 6.92 Å². The first-order chi connectivity index (χ1) is 9.29. The molecule has 0 saturated heterocycles. The van der Waals surface area contributed by atoms with Crippen molar-refractivity contribution in [1.29, 1.82) is 0 Å². The van der Waals surface area contributed by atoms with E-state index >= 15 is 0 Å². The van der Waals surface area contributed by atoms with Crippen molar-refractivity contribution < 1.29 is 8.94 Å². The molecule has 0 spiro atoms. The van der Waals surface area contributed by atoms with E-state index in [1.165, 1.54) is 0 Å². The number of rotatable bonds is 3. The molecule has 0 saturated carbocycles. The zero-order valence-electron chi connectivity index (χ0n) is 10.7. The zero-order chi connectivity index (χ0) is 13.2. The molecule has 96 valence electrons. The Morgan fingerprint density at radius 3 is 2.74 bits per heavy atom. The van der Waals surface area contributed by atoms with E-state index in [0.717, 1.165) is 16.8 Å². The number of nitrogens with zero attached hydrogens (tertiary/aromatic N) is 2. The fourth-order valence-corrected chi connectivity index (χ4v) is 1.91. The first kappa shape index (κ1) is 11.5. The van der Waals surface area contributed by atoms with Crippen LogP contribution in [-0.2, 0) is 0 Å². The molecule has 5 nitrogen and oxygen atoms in total. The Hall–Kier alpha value is -2.56. The summed E-state index contributed by atoms with van der Waals surface area (Å²) in [6.45, 7) is 1.94. The average molecular weight is 255 g/mol. The molecule has 3 rings (SSSR count). The molecule has 0 fully saturated rings. The van der Waals surface area contributed by atoms with Crippen LogP contribution in [0.4, 0.5) is 5.69 Å². The van der Waals surface area contributed by atoms with E-state index in [9.17, 15) is 0 Å².